The van der Waals surface area contributed by atoms with Gasteiger partial charge in [-0.2, -0.15) is 0 Å². The molecule has 1 rings (SSSR count). The highest BCUT2D eigenvalue weighted by atomic mass is 16.5. The van der Waals surface area contributed by atoms with Gasteiger partial charge in [-0.05, 0) is 0 Å². The summed E-state index contributed by atoms with van der Waals surface area (Å²) >= 11 is 0. The van der Waals surface area contributed by atoms with Crippen LogP contribution in [0.15, 0.2) is 4.79 Å². The molecule has 0 saturated carbocycles. The van der Waals surface area contributed by atoms with Crippen molar-refractivity contribution in [3.05, 3.63) is 16.2 Å². The monoisotopic (exact) mass is 144 g/mol. The molecule has 0 atom stereocenters. The Hall–Kier alpha value is -1.23. The summed E-state index contributed by atoms with van der Waals surface area (Å²) in [7, 11) is 1.48. The first-order valence-electron chi connectivity index (χ1n) is 2.73. The van der Waals surface area contributed by atoms with Gasteiger partial charge in [-0.3, -0.25) is 4.98 Å². The van der Waals surface area contributed by atoms with Crippen molar-refractivity contribution >= 4 is 0 Å². The fourth-order valence-corrected chi connectivity index (χ4v) is 0.659. The lowest BCUT2D eigenvalue weighted by Crippen LogP contribution is -2.01. The van der Waals surface area contributed by atoms with E-state index in [0.29, 0.717) is 5.69 Å². The van der Waals surface area contributed by atoms with Crippen molar-refractivity contribution in [3.8, 4) is 5.88 Å². The molecule has 56 valence electrons. The van der Waals surface area contributed by atoms with E-state index in [0.717, 1.165) is 0 Å². The minimum absolute atomic E-state index is 0.160. The minimum atomic E-state index is -0.426. The number of hydrogen-bond acceptors (Lipinski definition) is 3. The molecule has 1 aromatic rings. The Morgan fingerprint density at radius 2 is 2.30 bits per heavy atom. The van der Waals surface area contributed by atoms with Crippen molar-refractivity contribution < 1.29 is 9.84 Å². The number of imidazole rings is 1. The Bertz CT molecular complexity index is 262. The average Bonchev–Trinajstić information content (AvgIpc) is 2.13. The Labute approximate surface area is 56.7 Å². The van der Waals surface area contributed by atoms with E-state index in [1.54, 1.807) is 0 Å². The lowest BCUT2D eigenvalue weighted by molar-refractivity contribution is 0.178. The number of nitrogens with one attached hydrogen (secondary N) is 2. The van der Waals surface area contributed by atoms with Crippen molar-refractivity contribution in [2.75, 3.05) is 7.11 Å². The van der Waals surface area contributed by atoms with Gasteiger partial charge in [0.2, 0.25) is 5.88 Å². The van der Waals surface area contributed by atoms with Crippen LogP contribution in [0.3, 0.4) is 0 Å². The summed E-state index contributed by atoms with van der Waals surface area (Å²) in [6.45, 7) is 0.199. The summed E-state index contributed by atoms with van der Waals surface area (Å²) < 4.78 is 4.67. The van der Waals surface area contributed by atoms with Gasteiger partial charge in [0.1, 0.15) is 5.69 Å². The standard InChI is InChI=1S/C5H8N2O3/c1-10-2-3-4(8)7-5(9)6-3/h8H,2H2,1H3,(H2,6,7,9). The summed E-state index contributed by atoms with van der Waals surface area (Å²) in [5.41, 5.74) is -0.0583. The zero-order chi connectivity index (χ0) is 7.56. The lowest BCUT2D eigenvalue weighted by Gasteiger charge is -1.92. The largest absolute Gasteiger partial charge is 0.493 e. The second-order valence-corrected chi connectivity index (χ2v) is 1.84. The zero-order valence-corrected chi connectivity index (χ0v) is 5.47. The van der Waals surface area contributed by atoms with Crippen LogP contribution in [0.2, 0.25) is 0 Å². The Kier molecular flexibility index (Phi) is 1.77. The topological polar surface area (TPSA) is 78.1 Å². The van der Waals surface area contributed by atoms with Gasteiger partial charge < -0.3 is 14.8 Å². The van der Waals surface area contributed by atoms with Gasteiger partial charge in [-0.25, -0.2) is 4.79 Å². The summed E-state index contributed by atoms with van der Waals surface area (Å²) in [5, 5.41) is 8.90. The molecule has 1 heterocycles. The van der Waals surface area contributed by atoms with Gasteiger partial charge in [-0.15, -0.1) is 0 Å². The summed E-state index contributed by atoms with van der Waals surface area (Å²) in [5.74, 6) is -0.160. The number of aromatic amines is 2. The molecule has 0 aliphatic rings. The quantitative estimate of drug-likeness (QED) is 0.526. The normalized spacial score (nSPS) is 10.1. The van der Waals surface area contributed by atoms with Crippen molar-refractivity contribution in [1.29, 1.82) is 0 Å². The van der Waals surface area contributed by atoms with E-state index in [-0.39, 0.29) is 12.5 Å². The molecule has 10 heavy (non-hydrogen) atoms. The Balaban J connectivity index is 2.92. The van der Waals surface area contributed by atoms with Gasteiger partial charge in [0.15, 0.2) is 0 Å². The van der Waals surface area contributed by atoms with Crippen molar-refractivity contribution in [2.45, 2.75) is 6.61 Å². The molecular formula is C5H8N2O3. The predicted molar refractivity (Wildman–Crippen MR) is 33.8 cm³/mol. The number of H-pyrrole nitrogens is 2. The molecule has 0 aliphatic carbocycles. The van der Waals surface area contributed by atoms with E-state index in [2.05, 4.69) is 14.7 Å². The zero-order valence-electron chi connectivity index (χ0n) is 5.47. The van der Waals surface area contributed by atoms with Gasteiger partial charge in [0.05, 0.1) is 6.61 Å². The molecule has 0 radical (unpaired) electrons. The van der Waals surface area contributed by atoms with Crippen LogP contribution in [-0.2, 0) is 11.3 Å². The number of rotatable bonds is 2. The van der Waals surface area contributed by atoms with Gasteiger partial charge >= 0.3 is 5.69 Å². The van der Waals surface area contributed by atoms with Gasteiger partial charge in [0.25, 0.3) is 0 Å². The van der Waals surface area contributed by atoms with E-state index in [9.17, 15) is 4.79 Å². The fraction of sp³-hybridized carbons (Fsp3) is 0.400. The average molecular weight is 144 g/mol. The molecule has 0 bridgehead atoms. The third kappa shape index (κ3) is 1.19. The van der Waals surface area contributed by atoms with E-state index in [1.807, 2.05) is 0 Å². The van der Waals surface area contributed by atoms with Crippen LogP contribution in [0.4, 0.5) is 0 Å². The molecule has 0 amide bonds. The molecule has 0 unspecified atom stereocenters. The van der Waals surface area contributed by atoms with Crippen LogP contribution in [0.1, 0.15) is 5.69 Å². The third-order valence-corrected chi connectivity index (χ3v) is 1.07. The highest BCUT2D eigenvalue weighted by molar-refractivity contribution is 5.14. The number of ether oxygens (including phenoxy) is 1. The van der Waals surface area contributed by atoms with Crippen LogP contribution in [-0.4, -0.2) is 22.2 Å². The first kappa shape index (κ1) is 6.88. The molecule has 0 saturated heterocycles. The summed E-state index contributed by atoms with van der Waals surface area (Å²) in [4.78, 5) is 15.0. The molecule has 0 spiro atoms. The number of hydrogen-bond donors (Lipinski definition) is 3. The lowest BCUT2D eigenvalue weighted by atomic mass is 10.5. The molecule has 3 N–H and O–H groups in total. The van der Waals surface area contributed by atoms with E-state index in [1.165, 1.54) is 7.11 Å². The number of aromatic nitrogens is 2. The predicted octanol–water partition coefficient (Wildman–Crippen LogP) is -0.445. The molecular weight excluding hydrogens is 136 g/mol. The first-order valence-corrected chi connectivity index (χ1v) is 2.73. The fourth-order valence-electron chi connectivity index (χ4n) is 0.659. The first-order chi connectivity index (χ1) is 4.74. The SMILES string of the molecule is COCc1[nH]c(=O)[nH]c1O. The molecule has 5 heteroatoms. The summed E-state index contributed by atoms with van der Waals surface area (Å²) in [6, 6.07) is 0. The van der Waals surface area contributed by atoms with Crippen LogP contribution in [0.5, 0.6) is 5.88 Å². The maximum Gasteiger partial charge on any atom is 0.326 e. The van der Waals surface area contributed by atoms with E-state index >= 15 is 0 Å². The van der Waals surface area contributed by atoms with Gasteiger partial charge in [0, 0.05) is 7.11 Å². The molecule has 5 nitrogen and oxygen atoms in total. The van der Waals surface area contributed by atoms with Gasteiger partial charge in [-0.1, -0.05) is 0 Å². The number of aromatic hydroxyl groups is 1. The molecule has 0 aromatic carbocycles. The van der Waals surface area contributed by atoms with E-state index < -0.39 is 5.69 Å². The molecule has 0 aliphatic heterocycles. The highest BCUT2D eigenvalue weighted by Gasteiger charge is 2.02. The van der Waals surface area contributed by atoms with E-state index in [4.69, 9.17) is 5.11 Å². The summed E-state index contributed by atoms with van der Waals surface area (Å²) in [6.07, 6.45) is 0. The van der Waals surface area contributed by atoms with Crippen molar-refractivity contribution in [2.24, 2.45) is 0 Å². The maximum atomic E-state index is 10.5. The molecule has 0 fully saturated rings. The van der Waals surface area contributed by atoms with Crippen LogP contribution >= 0.6 is 0 Å². The highest BCUT2D eigenvalue weighted by Crippen LogP contribution is 2.06. The number of methoxy groups -OCH3 is 1. The smallest absolute Gasteiger partial charge is 0.326 e. The Morgan fingerprint density at radius 3 is 2.70 bits per heavy atom. The van der Waals surface area contributed by atoms with Crippen molar-refractivity contribution in [3.63, 3.8) is 0 Å². The van der Waals surface area contributed by atoms with Crippen LogP contribution in [0.25, 0.3) is 0 Å². The van der Waals surface area contributed by atoms with Crippen LogP contribution < -0.4 is 5.69 Å². The molecule has 1 aromatic heterocycles. The van der Waals surface area contributed by atoms with Crippen molar-refractivity contribution in [1.82, 2.24) is 9.97 Å². The Morgan fingerprint density at radius 1 is 1.60 bits per heavy atom. The van der Waals surface area contributed by atoms with Crippen LogP contribution in [0, 0.1) is 0 Å². The second kappa shape index (κ2) is 2.57. The maximum absolute atomic E-state index is 10.5. The minimum Gasteiger partial charge on any atom is -0.493 e. The second-order valence-electron chi connectivity index (χ2n) is 1.84. The third-order valence-electron chi connectivity index (χ3n) is 1.07.